The SMILES string of the molecule is CCCCCc1ccc(S(=O)(=O)N2C[C@@H]3CCCN3C(=O)[C@@H]2C)cc1. The Morgan fingerprint density at radius 1 is 1.16 bits per heavy atom. The second kappa shape index (κ2) is 7.46. The minimum Gasteiger partial charge on any atom is -0.337 e. The molecule has 0 unspecified atom stereocenters. The van der Waals surface area contributed by atoms with Crippen molar-refractivity contribution >= 4 is 15.9 Å². The summed E-state index contributed by atoms with van der Waals surface area (Å²) in [4.78, 5) is 14.7. The fourth-order valence-electron chi connectivity index (χ4n) is 3.89. The number of unbranched alkanes of at least 4 members (excludes halogenated alkanes) is 2. The molecule has 0 saturated carbocycles. The molecule has 25 heavy (non-hydrogen) atoms. The van der Waals surface area contributed by atoms with Gasteiger partial charge in [-0.15, -0.1) is 0 Å². The number of aryl methyl sites for hydroxylation is 1. The van der Waals surface area contributed by atoms with E-state index in [0.717, 1.165) is 37.8 Å². The number of benzene rings is 1. The van der Waals surface area contributed by atoms with Gasteiger partial charge in [-0.1, -0.05) is 31.9 Å². The molecule has 3 rings (SSSR count). The Labute approximate surface area is 151 Å². The molecule has 2 saturated heterocycles. The van der Waals surface area contributed by atoms with Crippen molar-refractivity contribution in [2.45, 2.75) is 69.4 Å². The monoisotopic (exact) mass is 364 g/mol. The Balaban J connectivity index is 1.77. The smallest absolute Gasteiger partial charge is 0.243 e. The lowest BCUT2D eigenvalue weighted by Crippen LogP contribution is -2.59. The van der Waals surface area contributed by atoms with Crippen LogP contribution in [0.2, 0.25) is 0 Å². The number of hydrogen-bond donors (Lipinski definition) is 0. The lowest BCUT2D eigenvalue weighted by Gasteiger charge is -2.40. The summed E-state index contributed by atoms with van der Waals surface area (Å²) in [6.45, 7) is 5.04. The van der Waals surface area contributed by atoms with Crippen LogP contribution in [-0.2, 0) is 21.2 Å². The van der Waals surface area contributed by atoms with Crippen molar-refractivity contribution in [3.63, 3.8) is 0 Å². The fourth-order valence-corrected chi connectivity index (χ4v) is 5.52. The normalized spacial score (nSPS) is 24.6. The first kappa shape index (κ1) is 18.4. The van der Waals surface area contributed by atoms with Gasteiger partial charge in [0.25, 0.3) is 0 Å². The minimum absolute atomic E-state index is 0.0341. The molecule has 0 spiro atoms. The molecule has 6 heteroatoms. The van der Waals surface area contributed by atoms with Gasteiger partial charge in [-0.25, -0.2) is 8.42 Å². The van der Waals surface area contributed by atoms with E-state index in [1.807, 2.05) is 17.0 Å². The highest BCUT2D eigenvalue weighted by Crippen LogP contribution is 2.30. The molecule has 1 aromatic rings. The minimum atomic E-state index is -3.64. The average Bonchev–Trinajstić information content (AvgIpc) is 3.07. The van der Waals surface area contributed by atoms with Gasteiger partial charge in [-0.2, -0.15) is 4.31 Å². The van der Waals surface area contributed by atoms with Gasteiger partial charge in [0.1, 0.15) is 6.04 Å². The molecular formula is C19H28N2O3S. The van der Waals surface area contributed by atoms with Gasteiger partial charge in [0.15, 0.2) is 0 Å². The number of nitrogens with zero attached hydrogens (tertiary/aromatic N) is 2. The third-order valence-electron chi connectivity index (χ3n) is 5.44. The lowest BCUT2D eigenvalue weighted by atomic mass is 10.1. The van der Waals surface area contributed by atoms with E-state index >= 15 is 0 Å². The number of amides is 1. The van der Waals surface area contributed by atoms with E-state index in [1.165, 1.54) is 17.1 Å². The Hall–Kier alpha value is -1.40. The van der Waals surface area contributed by atoms with Gasteiger partial charge < -0.3 is 4.90 Å². The van der Waals surface area contributed by atoms with Crippen LogP contribution in [0, 0.1) is 0 Å². The van der Waals surface area contributed by atoms with Gasteiger partial charge >= 0.3 is 0 Å². The number of hydrogen-bond acceptors (Lipinski definition) is 3. The molecule has 2 heterocycles. The van der Waals surface area contributed by atoms with Crippen molar-refractivity contribution < 1.29 is 13.2 Å². The quantitative estimate of drug-likeness (QED) is 0.729. The standard InChI is InChI=1S/C19H28N2O3S/c1-3-4-5-7-16-9-11-18(12-10-16)25(23,24)21-14-17-8-6-13-20(17)19(22)15(21)2/h9-12,15,17H,3-8,13-14H2,1-2H3/t15-,17-/m0/s1. The van der Waals surface area contributed by atoms with Crippen molar-refractivity contribution in [1.29, 1.82) is 0 Å². The number of carbonyl (C=O) groups excluding carboxylic acids is 1. The van der Waals surface area contributed by atoms with E-state index in [4.69, 9.17) is 0 Å². The van der Waals surface area contributed by atoms with E-state index in [2.05, 4.69) is 6.92 Å². The van der Waals surface area contributed by atoms with Crippen molar-refractivity contribution in [2.75, 3.05) is 13.1 Å². The van der Waals surface area contributed by atoms with Crippen LogP contribution in [0.3, 0.4) is 0 Å². The van der Waals surface area contributed by atoms with E-state index < -0.39 is 16.1 Å². The number of rotatable bonds is 6. The summed E-state index contributed by atoms with van der Waals surface area (Å²) in [5.74, 6) is -0.0616. The second-order valence-electron chi connectivity index (χ2n) is 7.18. The van der Waals surface area contributed by atoms with E-state index in [1.54, 1.807) is 19.1 Å². The molecule has 2 fully saturated rings. The van der Waals surface area contributed by atoms with Gasteiger partial charge in [0.05, 0.1) is 4.90 Å². The zero-order valence-electron chi connectivity index (χ0n) is 15.1. The van der Waals surface area contributed by atoms with Crippen molar-refractivity contribution in [3.8, 4) is 0 Å². The Bertz CT molecular complexity index is 715. The largest absolute Gasteiger partial charge is 0.337 e. The predicted octanol–water partition coefficient (Wildman–Crippen LogP) is 2.80. The molecule has 5 nitrogen and oxygen atoms in total. The summed E-state index contributed by atoms with van der Waals surface area (Å²) < 4.78 is 27.5. The molecule has 0 radical (unpaired) electrons. The van der Waals surface area contributed by atoms with Crippen LogP contribution in [-0.4, -0.2) is 48.7 Å². The second-order valence-corrected chi connectivity index (χ2v) is 9.07. The van der Waals surface area contributed by atoms with Gasteiger partial charge in [0.2, 0.25) is 15.9 Å². The van der Waals surface area contributed by atoms with E-state index in [9.17, 15) is 13.2 Å². The first-order chi connectivity index (χ1) is 11.9. The first-order valence-electron chi connectivity index (χ1n) is 9.36. The molecule has 0 aromatic heterocycles. The molecule has 0 bridgehead atoms. The Morgan fingerprint density at radius 2 is 1.88 bits per heavy atom. The number of piperazine rings is 1. The molecule has 0 aliphatic carbocycles. The van der Waals surface area contributed by atoms with Crippen LogP contribution >= 0.6 is 0 Å². The highest BCUT2D eigenvalue weighted by Gasteiger charge is 2.45. The van der Waals surface area contributed by atoms with Gasteiger partial charge in [-0.05, 0) is 50.3 Å². The fraction of sp³-hybridized carbons (Fsp3) is 0.632. The summed E-state index contributed by atoms with van der Waals surface area (Å²) in [7, 11) is -3.64. The van der Waals surface area contributed by atoms with Crippen molar-refractivity contribution in [1.82, 2.24) is 9.21 Å². The maximum atomic E-state index is 13.1. The van der Waals surface area contributed by atoms with Crippen LogP contribution in [0.25, 0.3) is 0 Å². The number of sulfonamides is 1. The molecule has 1 aromatic carbocycles. The molecular weight excluding hydrogens is 336 g/mol. The van der Waals surface area contributed by atoms with Crippen LogP contribution in [0.1, 0.15) is 51.5 Å². The third kappa shape index (κ3) is 3.60. The Morgan fingerprint density at radius 3 is 2.56 bits per heavy atom. The van der Waals surface area contributed by atoms with Gasteiger partial charge in [0, 0.05) is 19.1 Å². The van der Waals surface area contributed by atoms with Crippen molar-refractivity contribution in [3.05, 3.63) is 29.8 Å². The number of fused-ring (bicyclic) bond motifs is 1. The first-order valence-corrected chi connectivity index (χ1v) is 10.8. The number of carbonyl (C=O) groups is 1. The zero-order chi connectivity index (χ0) is 18.0. The highest BCUT2D eigenvalue weighted by atomic mass is 32.2. The maximum Gasteiger partial charge on any atom is 0.243 e. The molecule has 1 amide bonds. The topological polar surface area (TPSA) is 57.7 Å². The Kier molecular flexibility index (Phi) is 5.49. The zero-order valence-corrected chi connectivity index (χ0v) is 16.0. The molecule has 0 N–H and O–H groups in total. The average molecular weight is 365 g/mol. The molecule has 2 aliphatic heterocycles. The molecule has 138 valence electrons. The molecule has 2 atom stereocenters. The summed E-state index contributed by atoms with van der Waals surface area (Å²) in [5.41, 5.74) is 1.16. The van der Waals surface area contributed by atoms with Crippen LogP contribution in [0.4, 0.5) is 0 Å². The van der Waals surface area contributed by atoms with Crippen LogP contribution in [0.5, 0.6) is 0 Å². The summed E-state index contributed by atoms with van der Waals surface area (Å²) >= 11 is 0. The summed E-state index contributed by atoms with van der Waals surface area (Å²) in [6, 6.07) is 6.60. The van der Waals surface area contributed by atoms with Crippen molar-refractivity contribution in [2.24, 2.45) is 0 Å². The third-order valence-corrected chi connectivity index (χ3v) is 7.39. The van der Waals surface area contributed by atoms with Gasteiger partial charge in [-0.3, -0.25) is 4.79 Å². The predicted molar refractivity (Wildman–Crippen MR) is 97.8 cm³/mol. The van der Waals surface area contributed by atoms with Crippen LogP contribution < -0.4 is 0 Å². The van der Waals surface area contributed by atoms with Crippen LogP contribution in [0.15, 0.2) is 29.2 Å². The summed E-state index contributed by atoms with van der Waals surface area (Å²) in [6.07, 6.45) is 6.31. The lowest BCUT2D eigenvalue weighted by molar-refractivity contribution is -0.139. The summed E-state index contributed by atoms with van der Waals surface area (Å²) in [5, 5.41) is 0. The maximum absolute atomic E-state index is 13.1. The molecule has 2 aliphatic rings. The highest BCUT2D eigenvalue weighted by molar-refractivity contribution is 7.89. The van der Waals surface area contributed by atoms with E-state index in [-0.39, 0.29) is 16.8 Å². The van der Waals surface area contributed by atoms with E-state index in [0.29, 0.717) is 6.54 Å².